The van der Waals surface area contributed by atoms with E-state index in [2.05, 4.69) is 48.5 Å². The summed E-state index contributed by atoms with van der Waals surface area (Å²) in [5.74, 6) is 2.25. The van der Waals surface area contributed by atoms with Crippen molar-refractivity contribution in [1.82, 2.24) is 0 Å². The molecule has 0 amide bonds. The molecule has 6 aromatic carbocycles. The van der Waals surface area contributed by atoms with Gasteiger partial charge in [0.1, 0.15) is 34.5 Å². The highest BCUT2D eigenvalue weighted by atomic mass is 35.5. The Morgan fingerprint density at radius 2 is 0.629 bits per heavy atom. The molecule has 0 aliphatic heterocycles. The van der Waals surface area contributed by atoms with Crippen LogP contribution >= 0.6 is 39.0 Å². The van der Waals surface area contributed by atoms with E-state index in [1.807, 2.05) is 67.5 Å². The van der Waals surface area contributed by atoms with Crippen molar-refractivity contribution in [1.29, 1.82) is 0 Å². The Bertz CT molecular complexity index is 2560. The number of carbonyl (C=O) groups excluding carboxylic acids is 2. The van der Waals surface area contributed by atoms with Crippen LogP contribution in [0.4, 0.5) is 0 Å². The fraction of sp³-hybridized carbons (Fsp3) is 0.321. The van der Waals surface area contributed by atoms with Crippen LogP contribution in [-0.4, -0.2) is 66.8 Å². The lowest BCUT2D eigenvalue weighted by Gasteiger charge is -2.31. The topological polar surface area (TPSA) is 108 Å². The maximum atomic E-state index is 13.4. The van der Waals surface area contributed by atoms with Gasteiger partial charge in [0.25, 0.3) is 0 Å². The highest BCUT2D eigenvalue weighted by Crippen LogP contribution is 2.52. The smallest absolute Gasteiger partial charge is 0.346 e. The SMILES string of the molecule is COC(=O)C(C)Oc1c(Cl)ccc(P(c2cc(C)c(OC)c(C)c2)c2cc(C)c(OC)c(C)c2)c1-c1c(P(c2cc(C)c(OC)c(C)c2)c2cc(C)c(OC)c(C)c2)ccc(Cl)c1O[C@@H](C)C(=O)OC. The summed E-state index contributed by atoms with van der Waals surface area (Å²) < 4.78 is 47.7. The van der Waals surface area contributed by atoms with Crippen molar-refractivity contribution in [3.05, 3.63) is 127 Å². The molecule has 6 aromatic rings. The van der Waals surface area contributed by atoms with E-state index < -0.39 is 40.0 Å². The van der Waals surface area contributed by atoms with Gasteiger partial charge in [0.15, 0.2) is 12.2 Å². The second-order valence-corrected chi connectivity index (χ2v) is 22.4. The summed E-state index contributed by atoms with van der Waals surface area (Å²) in [4.78, 5) is 26.9. The van der Waals surface area contributed by atoms with Crippen LogP contribution in [0.1, 0.15) is 58.4 Å². The number of rotatable bonds is 17. The Morgan fingerprint density at radius 3 is 0.829 bits per heavy atom. The molecule has 10 nitrogen and oxygen atoms in total. The van der Waals surface area contributed by atoms with Gasteiger partial charge in [-0.25, -0.2) is 9.59 Å². The zero-order valence-corrected chi connectivity index (χ0v) is 46.1. The molecule has 0 saturated heterocycles. The molecule has 0 fully saturated rings. The van der Waals surface area contributed by atoms with Gasteiger partial charge in [-0.1, -0.05) is 35.3 Å². The monoisotopic (exact) mass is 1030 g/mol. The Labute approximate surface area is 425 Å². The lowest BCUT2D eigenvalue weighted by molar-refractivity contribution is -0.148. The minimum absolute atomic E-state index is 0.187. The summed E-state index contributed by atoms with van der Waals surface area (Å²) in [5.41, 5.74) is 8.54. The van der Waals surface area contributed by atoms with Crippen molar-refractivity contribution in [2.45, 2.75) is 81.4 Å². The van der Waals surface area contributed by atoms with Crippen LogP contribution < -0.4 is 60.2 Å². The molecule has 0 aromatic heterocycles. The highest BCUT2D eigenvalue weighted by Gasteiger charge is 2.36. The number of benzene rings is 6. The molecule has 14 heteroatoms. The number of aryl methyl sites for hydroxylation is 8. The largest absolute Gasteiger partial charge is 0.496 e. The molecular formula is C56H62Cl2O10P2. The summed E-state index contributed by atoms with van der Waals surface area (Å²) in [5, 5.41) is 5.96. The van der Waals surface area contributed by atoms with Crippen molar-refractivity contribution in [3.63, 3.8) is 0 Å². The summed E-state index contributed by atoms with van der Waals surface area (Å²) in [6, 6.07) is 24.8. The molecule has 0 bridgehead atoms. The molecule has 0 radical (unpaired) electrons. The van der Waals surface area contributed by atoms with E-state index in [1.165, 1.54) is 14.2 Å². The van der Waals surface area contributed by atoms with Gasteiger partial charge in [0.05, 0.1) is 52.7 Å². The molecule has 0 aliphatic carbocycles. The van der Waals surface area contributed by atoms with E-state index in [9.17, 15) is 9.59 Å². The molecule has 0 heterocycles. The number of hydrogen-bond acceptors (Lipinski definition) is 10. The molecule has 6 rings (SSSR count). The van der Waals surface area contributed by atoms with Gasteiger partial charge in [-0.3, -0.25) is 0 Å². The first kappa shape index (κ1) is 53.8. The zero-order valence-electron chi connectivity index (χ0n) is 42.8. The molecule has 0 saturated carbocycles. The molecule has 0 N–H and O–H groups in total. The van der Waals surface area contributed by atoms with Gasteiger partial charge in [0.2, 0.25) is 0 Å². The van der Waals surface area contributed by atoms with E-state index in [4.69, 9.17) is 61.1 Å². The van der Waals surface area contributed by atoms with E-state index >= 15 is 0 Å². The number of halogens is 2. The van der Waals surface area contributed by atoms with Crippen molar-refractivity contribution < 1.29 is 47.5 Å². The van der Waals surface area contributed by atoms with Gasteiger partial charge in [-0.2, -0.15) is 0 Å². The Balaban J connectivity index is 1.93. The number of methoxy groups -OCH3 is 6. The second-order valence-electron chi connectivity index (χ2n) is 17.2. The van der Waals surface area contributed by atoms with Gasteiger partial charge in [-0.05, 0) is 222 Å². The van der Waals surface area contributed by atoms with Crippen LogP contribution in [0.25, 0.3) is 11.1 Å². The van der Waals surface area contributed by atoms with Gasteiger partial charge in [-0.15, -0.1) is 0 Å². The first-order chi connectivity index (χ1) is 33.2. The Hall–Kier alpha value is -5.50. The number of hydrogen-bond donors (Lipinski definition) is 0. The number of esters is 2. The van der Waals surface area contributed by atoms with Crippen LogP contribution in [-0.2, 0) is 19.1 Å². The normalized spacial score (nSPS) is 12.1. The minimum Gasteiger partial charge on any atom is -0.496 e. The Kier molecular flexibility index (Phi) is 17.5. The van der Waals surface area contributed by atoms with Crippen molar-refractivity contribution in [3.8, 4) is 45.6 Å². The molecule has 0 spiro atoms. The maximum absolute atomic E-state index is 13.4. The molecule has 1 unspecified atom stereocenters. The van der Waals surface area contributed by atoms with Gasteiger partial charge >= 0.3 is 11.9 Å². The molecular weight excluding hydrogens is 965 g/mol. The first-order valence-electron chi connectivity index (χ1n) is 22.6. The first-order valence-corrected chi connectivity index (χ1v) is 26.0. The van der Waals surface area contributed by atoms with Crippen LogP contribution in [0.15, 0.2) is 72.8 Å². The van der Waals surface area contributed by atoms with E-state index in [1.54, 1.807) is 54.4 Å². The summed E-state index contributed by atoms with van der Waals surface area (Å²) >= 11 is 14.9. The average molecular weight is 1030 g/mol. The van der Waals surface area contributed by atoms with Crippen LogP contribution in [0, 0.1) is 55.4 Å². The van der Waals surface area contributed by atoms with E-state index in [0.29, 0.717) is 11.1 Å². The molecule has 2 atom stereocenters. The van der Waals surface area contributed by atoms with Crippen molar-refractivity contribution in [2.75, 3.05) is 42.7 Å². The fourth-order valence-corrected chi connectivity index (χ4v) is 15.3. The van der Waals surface area contributed by atoms with E-state index in [-0.39, 0.29) is 21.5 Å². The van der Waals surface area contributed by atoms with E-state index in [0.717, 1.165) is 99.3 Å². The van der Waals surface area contributed by atoms with Gasteiger partial charge < -0.3 is 37.9 Å². The summed E-state index contributed by atoms with van der Waals surface area (Å²) in [6.07, 6.45) is -2.25. The lowest BCUT2D eigenvalue weighted by Crippen LogP contribution is -2.31. The molecule has 0 aliphatic rings. The minimum atomic E-state index is -1.58. The van der Waals surface area contributed by atoms with Crippen LogP contribution in [0.2, 0.25) is 10.0 Å². The zero-order chi connectivity index (χ0) is 51.5. The van der Waals surface area contributed by atoms with Gasteiger partial charge in [0, 0.05) is 11.1 Å². The van der Waals surface area contributed by atoms with Crippen LogP contribution in [0.5, 0.6) is 34.5 Å². The second kappa shape index (κ2) is 22.7. The fourth-order valence-electron chi connectivity index (χ4n) is 9.33. The third kappa shape index (κ3) is 10.7. The standard InChI is InChI=1S/C56H62Cl2O10P2/c1-29-21-39(22-30(2)49(29)61-11)69(40-23-31(3)50(62-12)32(4)24-40)45-19-17-43(57)53(67-37(9)55(59)65-15)47(45)48-46(20-18-44(58)54(48)68-38(10)56(60)66-16)70(41-25-33(5)51(63-13)34(6)26-41)42-27-35(7)52(64-14)36(8)28-42/h17-28,37-38H,1-16H3/t37-,38?/m0/s1. The summed E-state index contributed by atoms with van der Waals surface area (Å²) in [7, 11) is 6.15. The van der Waals surface area contributed by atoms with Crippen LogP contribution in [0.3, 0.4) is 0 Å². The number of ether oxygens (including phenoxy) is 8. The quantitative estimate of drug-likeness (QED) is 0.0647. The third-order valence-corrected chi connectivity index (χ3v) is 17.6. The number of carbonyl (C=O) groups is 2. The predicted octanol–water partition coefficient (Wildman–Crippen LogP) is 10.6. The Morgan fingerprint density at radius 1 is 0.400 bits per heavy atom. The average Bonchev–Trinajstić information content (AvgIpc) is 3.30. The lowest BCUT2D eigenvalue weighted by atomic mass is 10.0. The predicted molar refractivity (Wildman–Crippen MR) is 288 cm³/mol. The molecule has 370 valence electrons. The summed E-state index contributed by atoms with van der Waals surface area (Å²) in [6.45, 7) is 19.5. The van der Waals surface area contributed by atoms with Crippen molar-refractivity contribution in [2.24, 2.45) is 0 Å². The molecule has 70 heavy (non-hydrogen) atoms. The van der Waals surface area contributed by atoms with Crippen molar-refractivity contribution >= 4 is 82.8 Å². The third-order valence-electron chi connectivity index (χ3n) is 12.2. The maximum Gasteiger partial charge on any atom is 0.346 e. The highest BCUT2D eigenvalue weighted by molar-refractivity contribution is 7.80.